The van der Waals surface area contributed by atoms with Crippen molar-refractivity contribution in [2.45, 2.75) is 51.7 Å². The van der Waals surface area contributed by atoms with Crippen LogP contribution in [0.3, 0.4) is 0 Å². The van der Waals surface area contributed by atoms with Crippen molar-refractivity contribution in [3.63, 3.8) is 0 Å². The fraction of sp³-hybridized carbons (Fsp3) is 0.929. The van der Waals surface area contributed by atoms with E-state index in [1.165, 1.54) is 12.8 Å². The van der Waals surface area contributed by atoms with E-state index in [-0.39, 0.29) is 30.5 Å². The molecule has 1 aliphatic heterocycles. The molecule has 1 fully saturated rings. The first-order valence-corrected chi connectivity index (χ1v) is 7.79. The number of hydrogen-bond acceptors (Lipinski definition) is 2. The van der Waals surface area contributed by atoms with Crippen molar-refractivity contribution in [1.82, 2.24) is 15.5 Å². The molecule has 1 saturated heterocycles. The van der Waals surface area contributed by atoms with Crippen molar-refractivity contribution in [3.8, 4) is 0 Å². The number of piperidine rings is 1. The molecular formula is C14H28F3IN4. The molecule has 0 aromatic heterocycles. The molecule has 0 radical (unpaired) electrons. The molecule has 1 atom stereocenters. The molecule has 0 aromatic rings. The number of nitrogens with zero attached hydrogens (tertiary/aromatic N) is 2. The summed E-state index contributed by atoms with van der Waals surface area (Å²) in [4.78, 5) is 6.84. The Balaban J connectivity index is 0.00000441. The molecule has 1 unspecified atom stereocenters. The number of alkyl halides is 3. The number of likely N-dealkylation sites (tertiary alicyclic amines) is 1. The molecule has 1 heterocycles. The smallest absolute Gasteiger partial charge is 0.357 e. The molecule has 0 spiro atoms. The van der Waals surface area contributed by atoms with Crippen LogP contribution in [-0.2, 0) is 0 Å². The summed E-state index contributed by atoms with van der Waals surface area (Å²) in [5.41, 5.74) is 0. The van der Waals surface area contributed by atoms with E-state index in [9.17, 15) is 13.2 Å². The van der Waals surface area contributed by atoms with Gasteiger partial charge in [-0.15, -0.1) is 24.0 Å². The standard InChI is InChI=1S/C14H27F3N4.HI/c1-3-18-13(19-9-8-14(15,16)17)20-11-12-7-5-6-10-21(12)4-2;/h12H,3-11H2,1-2H3,(H2,18,19,20);1H. The average Bonchev–Trinajstić information content (AvgIpc) is 2.43. The Morgan fingerprint density at radius 1 is 1.23 bits per heavy atom. The van der Waals surface area contributed by atoms with Crippen LogP contribution >= 0.6 is 24.0 Å². The average molecular weight is 436 g/mol. The van der Waals surface area contributed by atoms with Gasteiger partial charge in [0.1, 0.15) is 0 Å². The monoisotopic (exact) mass is 436 g/mol. The third-order valence-corrected chi connectivity index (χ3v) is 3.66. The summed E-state index contributed by atoms with van der Waals surface area (Å²) in [6, 6.07) is 0.404. The van der Waals surface area contributed by atoms with Gasteiger partial charge in [-0.05, 0) is 32.9 Å². The highest BCUT2D eigenvalue weighted by molar-refractivity contribution is 14.0. The maximum atomic E-state index is 12.2. The lowest BCUT2D eigenvalue weighted by atomic mass is 10.0. The third-order valence-electron chi connectivity index (χ3n) is 3.66. The molecular weight excluding hydrogens is 408 g/mol. The van der Waals surface area contributed by atoms with Gasteiger partial charge in [-0.3, -0.25) is 9.89 Å². The van der Waals surface area contributed by atoms with Gasteiger partial charge in [-0.25, -0.2) is 0 Å². The highest BCUT2D eigenvalue weighted by atomic mass is 127. The van der Waals surface area contributed by atoms with Crippen LogP contribution in [0.1, 0.15) is 39.5 Å². The fourth-order valence-corrected chi connectivity index (χ4v) is 2.54. The van der Waals surface area contributed by atoms with Crippen LogP contribution in [0.25, 0.3) is 0 Å². The maximum absolute atomic E-state index is 12.2. The van der Waals surface area contributed by atoms with E-state index in [0.717, 1.165) is 19.5 Å². The topological polar surface area (TPSA) is 39.7 Å². The Bertz CT molecular complexity index is 324. The summed E-state index contributed by atoms with van der Waals surface area (Å²) >= 11 is 0. The second kappa shape index (κ2) is 11.3. The summed E-state index contributed by atoms with van der Waals surface area (Å²) in [7, 11) is 0. The first-order chi connectivity index (χ1) is 9.96. The molecule has 0 saturated carbocycles. The van der Waals surface area contributed by atoms with E-state index in [1.54, 1.807) is 0 Å². The first-order valence-electron chi connectivity index (χ1n) is 7.79. The number of nitrogens with one attached hydrogen (secondary N) is 2. The number of guanidine groups is 1. The molecule has 132 valence electrons. The second-order valence-corrected chi connectivity index (χ2v) is 5.29. The van der Waals surface area contributed by atoms with E-state index in [1.807, 2.05) is 6.92 Å². The minimum atomic E-state index is -4.13. The Morgan fingerprint density at radius 3 is 2.55 bits per heavy atom. The summed E-state index contributed by atoms with van der Waals surface area (Å²) in [5, 5.41) is 5.74. The lowest BCUT2D eigenvalue weighted by Gasteiger charge is -2.34. The number of likely N-dealkylation sites (N-methyl/N-ethyl adjacent to an activating group) is 1. The highest BCUT2D eigenvalue weighted by Crippen LogP contribution is 2.18. The Kier molecular flexibility index (Phi) is 11.2. The molecule has 22 heavy (non-hydrogen) atoms. The molecule has 0 aliphatic carbocycles. The van der Waals surface area contributed by atoms with Crippen LogP contribution < -0.4 is 10.6 Å². The number of aliphatic imine (C=N–C) groups is 1. The lowest BCUT2D eigenvalue weighted by Crippen LogP contribution is -2.43. The van der Waals surface area contributed by atoms with E-state index in [4.69, 9.17) is 0 Å². The Labute approximate surface area is 148 Å². The summed E-state index contributed by atoms with van der Waals surface area (Å²) in [6.45, 7) is 7.26. The van der Waals surface area contributed by atoms with Crippen molar-refractivity contribution in [2.75, 3.05) is 32.7 Å². The predicted octanol–water partition coefficient (Wildman–Crippen LogP) is 2.99. The van der Waals surface area contributed by atoms with Gasteiger partial charge < -0.3 is 10.6 Å². The SMILES string of the molecule is CCNC(=NCC1CCCCN1CC)NCCC(F)(F)F.I. The van der Waals surface area contributed by atoms with Crippen LogP contribution in [0.2, 0.25) is 0 Å². The third kappa shape index (κ3) is 9.02. The maximum Gasteiger partial charge on any atom is 0.390 e. The molecule has 2 N–H and O–H groups in total. The molecule has 1 aliphatic rings. The Morgan fingerprint density at radius 2 is 1.95 bits per heavy atom. The molecule has 4 nitrogen and oxygen atoms in total. The van der Waals surface area contributed by atoms with Gasteiger partial charge in [0.2, 0.25) is 0 Å². The van der Waals surface area contributed by atoms with Crippen molar-refractivity contribution in [3.05, 3.63) is 0 Å². The van der Waals surface area contributed by atoms with Gasteiger partial charge in [0.25, 0.3) is 0 Å². The number of rotatable bonds is 6. The van der Waals surface area contributed by atoms with Gasteiger partial charge in [0.05, 0.1) is 13.0 Å². The van der Waals surface area contributed by atoms with Crippen molar-refractivity contribution < 1.29 is 13.2 Å². The highest BCUT2D eigenvalue weighted by Gasteiger charge is 2.26. The van der Waals surface area contributed by atoms with Crippen LogP contribution in [0.15, 0.2) is 4.99 Å². The van der Waals surface area contributed by atoms with Gasteiger partial charge in [-0.2, -0.15) is 13.2 Å². The number of halogens is 4. The molecule has 1 rings (SSSR count). The Hall–Kier alpha value is -0.250. The zero-order valence-electron chi connectivity index (χ0n) is 13.4. The summed E-state index contributed by atoms with van der Waals surface area (Å²) < 4.78 is 36.5. The predicted molar refractivity (Wildman–Crippen MR) is 95.0 cm³/mol. The largest absolute Gasteiger partial charge is 0.390 e. The molecule has 0 aromatic carbocycles. The van der Waals surface area contributed by atoms with Gasteiger partial charge in [0, 0.05) is 19.1 Å². The van der Waals surface area contributed by atoms with Gasteiger partial charge in [0.15, 0.2) is 5.96 Å². The minimum Gasteiger partial charge on any atom is -0.357 e. The van der Waals surface area contributed by atoms with Crippen molar-refractivity contribution >= 4 is 29.9 Å². The van der Waals surface area contributed by atoms with E-state index < -0.39 is 12.6 Å². The quantitative estimate of drug-likeness (QED) is 0.382. The van der Waals surface area contributed by atoms with Crippen LogP contribution in [0.4, 0.5) is 13.2 Å². The van der Waals surface area contributed by atoms with Crippen molar-refractivity contribution in [2.24, 2.45) is 4.99 Å². The minimum absolute atomic E-state index is 0. The molecule has 0 amide bonds. The van der Waals surface area contributed by atoms with Crippen LogP contribution in [0, 0.1) is 0 Å². The lowest BCUT2D eigenvalue weighted by molar-refractivity contribution is -0.132. The molecule has 8 heteroatoms. The van der Waals surface area contributed by atoms with Gasteiger partial charge in [-0.1, -0.05) is 13.3 Å². The van der Waals surface area contributed by atoms with Crippen LogP contribution in [0.5, 0.6) is 0 Å². The second-order valence-electron chi connectivity index (χ2n) is 5.29. The summed E-state index contributed by atoms with van der Waals surface area (Å²) in [5.74, 6) is 0.475. The van der Waals surface area contributed by atoms with E-state index >= 15 is 0 Å². The fourth-order valence-electron chi connectivity index (χ4n) is 2.54. The zero-order valence-corrected chi connectivity index (χ0v) is 15.7. The van der Waals surface area contributed by atoms with E-state index in [0.29, 0.717) is 25.1 Å². The number of hydrogen-bond donors (Lipinski definition) is 2. The molecule has 0 bridgehead atoms. The van der Waals surface area contributed by atoms with Crippen molar-refractivity contribution in [1.29, 1.82) is 0 Å². The van der Waals surface area contributed by atoms with E-state index in [2.05, 4.69) is 27.4 Å². The normalized spacial score (nSPS) is 20.4. The van der Waals surface area contributed by atoms with Gasteiger partial charge >= 0.3 is 6.18 Å². The summed E-state index contributed by atoms with van der Waals surface area (Å²) in [6.07, 6.45) is -1.44. The first kappa shape index (κ1) is 21.8. The van der Waals surface area contributed by atoms with Crippen LogP contribution in [-0.4, -0.2) is 55.8 Å². The zero-order chi connectivity index (χ0) is 15.7.